The first-order valence-electron chi connectivity index (χ1n) is 10.6. The van der Waals surface area contributed by atoms with Gasteiger partial charge in [0.15, 0.2) is 5.69 Å². The smallest absolute Gasteiger partial charge is 0.371 e. The van der Waals surface area contributed by atoms with Crippen LogP contribution in [0.4, 0.5) is 28.9 Å². The quantitative estimate of drug-likeness (QED) is 0.539. The highest BCUT2D eigenvalue weighted by Gasteiger charge is 2.36. The number of nitrogens with two attached hydrogens (primary N) is 1. The van der Waals surface area contributed by atoms with Crippen molar-refractivity contribution in [1.29, 1.82) is 0 Å². The van der Waals surface area contributed by atoms with Crippen LogP contribution in [0, 0.1) is 5.82 Å². The zero-order chi connectivity index (χ0) is 23.6. The van der Waals surface area contributed by atoms with E-state index >= 15 is 0 Å². The fourth-order valence-electron chi connectivity index (χ4n) is 3.83. The van der Waals surface area contributed by atoms with Gasteiger partial charge in [-0.05, 0) is 55.2 Å². The second-order valence-corrected chi connectivity index (χ2v) is 7.86. The van der Waals surface area contributed by atoms with E-state index in [9.17, 15) is 22.4 Å². The van der Waals surface area contributed by atoms with Crippen molar-refractivity contribution in [2.45, 2.75) is 32.0 Å². The summed E-state index contributed by atoms with van der Waals surface area (Å²) in [5, 5.41) is 5.95. The number of benzene rings is 2. The van der Waals surface area contributed by atoms with Gasteiger partial charge in [0.2, 0.25) is 0 Å². The maximum Gasteiger partial charge on any atom is 0.435 e. The minimum atomic E-state index is -4.76. The van der Waals surface area contributed by atoms with Gasteiger partial charge in [-0.1, -0.05) is 12.1 Å². The van der Waals surface area contributed by atoms with Crippen LogP contribution in [0.3, 0.4) is 0 Å². The van der Waals surface area contributed by atoms with Crippen molar-refractivity contribution >= 4 is 17.3 Å². The average molecular weight is 461 g/mol. The highest BCUT2D eigenvalue weighted by Crippen LogP contribution is 2.30. The van der Waals surface area contributed by atoms with E-state index in [-0.39, 0.29) is 23.6 Å². The summed E-state index contributed by atoms with van der Waals surface area (Å²) in [6, 6.07) is 11.4. The van der Waals surface area contributed by atoms with Crippen LogP contribution in [0.2, 0.25) is 0 Å². The van der Waals surface area contributed by atoms with Gasteiger partial charge in [-0.15, -0.1) is 0 Å². The number of nitrogens with one attached hydrogen (secondary N) is 1. The summed E-state index contributed by atoms with van der Waals surface area (Å²) in [6.07, 6.45) is -1.57. The Bertz CT molecular complexity index is 1150. The van der Waals surface area contributed by atoms with E-state index in [0.717, 1.165) is 37.0 Å². The molecule has 0 saturated carbocycles. The molecule has 1 saturated heterocycles. The van der Waals surface area contributed by atoms with Gasteiger partial charge in [0.1, 0.15) is 11.5 Å². The third-order valence-corrected chi connectivity index (χ3v) is 5.55. The molecule has 0 aliphatic carbocycles. The number of halogens is 4. The lowest BCUT2D eigenvalue weighted by atomic mass is 10.1. The van der Waals surface area contributed by atoms with Gasteiger partial charge in [-0.25, -0.2) is 9.07 Å². The van der Waals surface area contributed by atoms with Crippen molar-refractivity contribution in [2.75, 3.05) is 23.3 Å². The molecule has 33 heavy (non-hydrogen) atoms. The average Bonchev–Trinajstić information content (AvgIpc) is 3.27. The molecule has 3 N–H and O–H groups in total. The molecule has 0 radical (unpaired) electrons. The number of aromatic nitrogens is 2. The maximum absolute atomic E-state index is 14.7. The summed E-state index contributed by atoms with van der Waals surface area (Å²) in [6.45, 7) is 1.82. The summed E-state index contributed by atoms with van der Waals surface area (Å²) in [5.74, 6) is -1.58. The third-order valence-electron chi connectivity index (χ3n) is 5.55. The number of piperidine rings is 1. The number of carbonyl (C=O) groups is 1. The zero-order valence-electron chi connectivity index (χ0n) is 17.7. The molecule has 2 heterocycles. The molecule has 0 bridgehead atoms. The molecule has 0 unspecified atom stereocenters. The second kappa shape index (κ2) is 9.22. The Labute approximate surface area is 188 Å². The molecule has 1 amide bonds. The number of anilines is 2. The summed E-state index contributed by atoms with van der Waals surface area (Å²) < 4.78 is 55.6. The van der Waals surface area contributed by atoms with Crippen LogP contribution >= 0.6 is 0 Å². The lowest BCUT2D eigenvalue weighted by Gasteiger charge is -2.29. The molecule has 10 heteroatoms. The van der Waals surface area contributed by atoms with Gasteiger partial charge >= 0.3 is 6.18 Å². The highest BCUT2D eigenvalue weighted by molar-refractivity contribution is 6.03. The van der Waals surface area contributed by atoms with Crippen LogP contribution in [0.5, 0.6) is 0 Å². The molecule has 3 aromatic rings. The minimum Gasteiger partial charge on any atom is -0.371 e. The topological polar surface area (TPSA) is 76.2 Å². The second-order valence-electron chi connectivity index (χ2n) is 7.86. The lowest BCUT2D eigenvalue weighted by Crippen LogP contribution is -2.29. The standard InChI is InChI=1S/C23H23F4N5O/c24-18-12-16(31-9-2-1-3-10-31)7-8-19(18)29-22(33)20-13-21(23(25,26)27)30-32(20)17-6-4-5-15(11-17)14-28/h4-8,11-13H,1-3,9-10,14,28H2,(H,29,33). The predicted octanol–water partition coefficient (Wildman–Crippen LogP) is 4.73. The number of alkyl halides is 3. The highest BCUT2D eigenvalue weighted by atomic mass is 19.4. The van der Waals surface area contributed by atoms with E-state index in [2.05, 4.69) is 15.3 Å². The first-order chi connectivity index (χ1) is 15.8. The van der Waals surface area contributed by atoms with Gasteiger partial charge in [-0.2, -0.15) is 18.3 Å². The van der Waals surface area contributed by atoms with E-state index in [1.807, 2.05) is 0 Å². The van der Waals surface area contributed by atoms with E-state index < -0.39 is 23.6 Å². The molecule has 1 aliphatic heterocycles. The monoisotopic (exact) mass is 461 g/mol. The predicted molar refractivity (Wildman–Crippen MR) is 117 cm³/mol. The molecule has 1 fully saturated rings. The third kappa shape index (κ3) is 5.00. The van der Waals surface area contributed by atoms with E-state index in [1.165, 1.54) is 24.3 Å². The van der Waals surface area contributed by atoms with Crippen molar-refractivity contribution in [3.63, 3.8) is 0 Å². The lowest BCUT2D eigenvalue weighted by molar-refractivity contribution is -0.141. The molecule has 0 atom stereocenters. The molecule has 2 aromatic carbocycles. The Morgan fingerprint density at radius 2 is 1.79 bits per heavy atom. The molecule has 6 nitrogen and oxygen atoms in total. The number of hydrogen-bond donors (Lipinski definition) is 2. The van der Waals surface area contributed by atoms with Gasteiger partial charge < -0.3 is 16.0 Å². The SMILES string of the molecule is NCc1cccc(-n2nc(C(F)(F)F)cc2C(=O)Nc2ccc(N3CCCCC3)cc2F)c1. The Kier molecular flexibility index (Phi) is 6.37. The van der Waals surface area contributed by atoms with Crippen LogP contribution in [0.25, 0.3) is 5.69 Å². The number of rotatable bonds is 5. The molecular formula is C23H23F4N5O. The maximum atomic E-state index is 14.7. The van der Waals surface area contributed by atoms with Crippen LogP contribution in [0.15, 0.2) is 48.5 Å². The fraction of sp³-hybridized carbons (Fsp3) is 0.304. The van der Waals surface area contributed by atoms with Gasteiger partial charge in [-0.3, -0.25) is 4.79 Å². The van der Waals surface area contributed by atoms with Crippen molar-refractivity contribution in [3.05, 3.63) is 71.3 Å². The Morgan fingerprint density at radius 3 is 2.45 bits per heavy atom. The number of amides is 1. The summed E-state index contributed by atoms with van der Waals surface area (Å²) >= 11 is 0. The normalized spacial score (nSPS) is 14.4. The van der Waals surface area contributed by atoms with Crippen molar-refractivity contribution in [3.8, 4) is 5.69 Å². The first kappa shape index (κ1) is 22.8. The summed E-state index contributed by atoms with van der Waals surface area (Å²) in [7, 11) is 0. The van der Waals surface area contributed by atoms with Crippen molar-refractivity contribution < 1.29 is 22.4 Å². The summed E-state index contributed by atoms with van der Waals surface area (Å²) in [5.41, 5.74) is 5.48. The van der Waals surface area contributed by atoms with Crippen molar-refractivity contribution in [1.82, 2.24) is 9.78 Å². The molecular weight excluding hydrogens is 438 g/mol. The van der Waals surface area contributed by atoms with Crippen LogP contribution in [0.1, 0.15) is 41.0 Å². The molecule has 174 valence electrons. The van der Waals surface area contributed by atoms with Crippen LogP contribution in [-0.4, -0.2) is 28.8 Å². The first-order valence-corrected chi connectivity index (χ1v) is 10.6. The molecule has 0 spiro atoms. The molecule has 4 rings (SSSR count). The largest absolute Gasteiger partial charge is 0.435 e. The fourth-order valence-corrected chi connectivity index (χ4v) is 3.83. The summed E-state index contributed by atoms with van der Waals surface area (Å²) in [4.78, 5) is 15.0. The van der Waals surface area contributed by atoms with E-state index in [1.54, 1.807) is 18.2 Å². The Hall–Kier alpha value is -3.40. The minimum absolute atomic E-state index is 0.127. The molecule has 1 aliphatic rings. The number of carbonyl (C=O) groups excluding carboxylic acids is 1. The van der Waals surface area contributed by atoms with E-state index in [0.29, 0.717) is 17.3 Å². The van der Waals surface area contributed by atoms with Gasteiger partial charge in [0, 0.05) is 31.4 Å². The van der Waals surface area contributed by atoms with Crippen molar-refractivity contribution in [2.24, 2.45) is 5.73 Å². The molecule has 1 aromatic heterocycles. The van der Waals surface area contributed by atoms with Crippen LogP contribution in [-0.2, 0) is 12.7 Å². The number of nitrogens with zero attached hydrogens (tertiary/aromatic N) is 3. The van der Waals surface area contributed by atoms with E-state index in [4.69, 9.17) is 5.73 Å². The van der Waals surface area contributed by atoms with Gasteiger partial charge in [0.25, 0.3) is 5.91 Å². The Morgan fingerprint density at radius 1 is 1.03 bits per heavy atom. The van der Waals surface area contributed by atoms with Gasteiger partial charge in [0.05, 0.1) is 11.4 Å². The Balaban J connectivity index is 1.64. The number of hydrogen-bond acceptors (Lipinski definition) is 4. The zero-order valence-corrected chi connectivity index (χ0v) is 17.7. The van der Waals surface area contributed by atoms with Crippen LogP contribution < -0.4 is 16.0 Å².